The highest BCUT2D eigenvalue weighted by atomic mass is 16.5. The number of nitrogen functional groups attached to an aromatic ring is 1. The molecular weight excluding hydrogens is 252 g/mol. The fourth-order valence-electron chi connectivity index (χ4n) is 2.19. The quantitative estimate of drug-likeness (QED) is 0.617. The number of hydrogen-bond acceptors (Lipinski definition) is 6. The SMILES string of the molecule is C[C@@]1(C(N)=O)CC(n2ccc(N)nc2=O)O[C@@H]1CO. The van der Waals surface area contributed by atoms with E-state index >= 15 is 0 Å². The van der Waals surface area contributed by atoms with Gasteiger partial charge < -0.3 is 21.3 Å². The van der Waals surface area contributed by atoms with Crippen LogP contribution in [-0.2, 0) is 9.53 Å². The summed E-state index contributed by atoms with van der Waals surface area (Å²) in [7, 11) is 0. The number of aliphatic hydroxyl groups is 1. The number of ether oxygens (including phenoxy) is 1. The van der Waals surface area contributed by atoms with E-state index in [1.165, 1.54) is 16.8 Å². The number of aliphatic hydroxyl groups excluding tert-OH is 1. The number of carbonyl (C=O) groups excluding carboxylic acids is 1. The average molecular weight is 268 g/mol. The molecule has 1 fully saturated rings. The molecule has 8 heteroatoms. The second-order valence-corrected chi connectivity index (χ2v) is 4.79. The number of hydrogen-bond donors (Lipinski definition) is 3. The van der Waals surface area contributed by atoms with Crippen molar-refractivity contribution in [2.24, 2.45) is 11.1 Å². The van der Waals surface area contributed by atoms with Crippen LogP contribution in [0.25, 0.3) is 0 Å². The van der Waals surface area contributed by atoms with Crippen LogP contribution in [0.15, 0.2) is 17.1 Å². The number of nitrogens with two attached hydrogens (primary N) is 2. The van der Waals surface area contributed by atoms with Gasteiger partial charge >= 0.3 is 5.69 Å². The van der Waals surface area contributed by atoms with Crippen LogP contribution in [0.3, 0.4) is 0 Å². The van der Waals surface area contributed by atoms with Crippen molar-refractivity contribution >= 4 is 11.7 Å². The van der Waals surface area contributed by atoms with Gasteiger partial charge in [0.25, 0.3) is 0 Å². The van der Waals surface area contributed by atoms with Crippen LogP contribution < -0.4 is 17.2 Å². The molecule has 0 saturated carbocycles. The van der Waals surface area contributed by atoms with Gasteiger partial charge in [-0.2, -0.15) is 4.98 Å². The first-order valence-electron chi connectivity index (χ1n) is 5.79. The van der Waals surface area contributed by atoms with Crippen molar-refractivity contribution in [1.29, 1.82) is 0 Å². The first kappa shape index (κ1) is 13.5. The largest absolute Gasteiger partial charge is 0.394 e. The Morgan fingerprint density at radius 3 is 2.89 bits per heavy atom. The van der Waals surface area contributed by atoms with E-state index in [0.29, 0.717) is 0 Å². The van der Waals surface area contributed by atoms with E-state index in [4.69, 9.17) is 16.2 Å². The summed E-state index contributed by atoms with van der Waals surface area (Å²) >= 11 is 0. The van der Waals surface area contributed by atoms with E-state index in [2.05, 4.69) is 4.98 Å². The fourth-order valence-corrected chi connectivity index (χ4v) is 2.19. The van der Waals surface area contributed by atoms with Gasteiger partial charge in [0.15, 0.2) is 0 Å². The Hall–Kier alpha value is -1.93. The molecule has 1 unspecified atom stereocenters. The highest BCUT2D eigenvalue weighted by Crippen LogP contribution is 2.42. The highest BCUT2D eigenvalue weighted by Gasteiger charge is 2.49. The maximum Gasteiger partial charge on any atom is 0.351 e. The smallest absolute Gasteiger partial charge is 0.351 e. The third kappa shape index (κ3) is 2.20. The first-order chi connectivity index (χ1) is 8.88. The van der Waals surface area contributed by atoms with E-state index < -0.39 is 29.3 Å². The van der Waals surface area contributed by atoms with Crippen LogP contribution in [0.2, 0.25) is 0 Å². The summed E-state index contributed by atoms with van der Waals surface area (Å²) in [6.07, 6.45) is 0.185. The summed E-state index contributed by atoms with van der Waals surface area (Å²) in [5.41, 5.74) is 9.15. The Bertz CT molecular complexity index is 558. The molecule has 5 N–H and O–H groups in total. The lowest BCUT2D eigenvalue weighted by molar-refractivity contribution is -0.131. The molecule has 0 radical (unpaired) electrons. The molecule has 1 aliphatic rings. The fraction of sp³-hybridized carbons (Fsp3) is 0.545. The summed E-state index contributed by atoms with van der Waals surface area (Å²) in [6, 6.07) is 1.46. The number of amides is 1. The Kier molecular flexibility index (Phi) is 3.29. The second-order valence-electron chi connectivity index (χ2n) is 4.79. The van der Waals surface area contributed by atoms with Crippen molar-refractivity contribution in [2.45, 2.75) is 25.7 Å². The van der Waals surface area contributed by atoms with Crippen LogP contribution in [-0.4, -0.2) is 33.3 Å². The molecule has 3 atom stereocenters. The molecule has 1 saturated heterocycles. The molecule has 0 aromatic carbocycles. The van der Waals surface area contributed by atoms with Crippen molar-refractivity contribution in [3.05, 3.63) is 22.7 Å². The number of primary amides is 1. The number of nitrogens with zero attached hydrogens (tertiary/aromatic N) is 2. The Morgan fingerprint density at radius 2 is 2.42 bits per heavy atom. The van der Waals surface area contributed by atoms with E-state index in [9.17, 15) is 14.7 Å². The predicted octanol–water partition coefficient (Wildman–Crippen LogP) is -1.40. The van der Waals surface area contributed by atoms with Crippen LogP contribution in [0, 0.1) is 5.41 Å². The lowest BCUT2D eigenvalue weighted by Gasteiger charge is -2.23. The van der Waals surface area contributed by atoms with Crippen molar-refractivity contribution in [3.63, 3.8) is 0 Å². The summed E-state index contributed by atoms with van der Waals surface area (Å²) in [5, 5.41) is 9.27. The molecule has 8 nitrogen and oxygen atoms in total. The van der Waals surface area contributed by atoms with Gasteiger partial charge in [0, 0.05) is 12.6 Å². The summed E-state index contributed by atoms with van der Waals surface area (Å²) in [5.74, 6) is -0.471. The number of rotatable bonds is 3. The zero-order valence-corrected chi connectivity index (χ0v) is 10.4. The van der Waals surface area contributed by atoms with Crippen LogP contribution in [0.1, 0.15) is 19.6 Å². The molecule has 2 rings (SSSR count). The maximum atomic E-state index is 11.7. The number of carbonyl (C=O) groups is 1. The lowest BCUT2D eigenvalue weighted by atomic mass is 9.82. The minimum absolute atomic E-state index is 0.107. The Balaban J connectivity index is 2.34. The topological polar surface area (TPSA) is 133 Å². The third-order valence-corrected chi connectivity index (χ3v) is 3.52. The van der Waals surface area contributed by atoms with Gasteiger partial charge in [-0.3, -0.25) is 9.36 Å². The predicted molar refractivity (Wildman–Crippen MR) is 65.8 cm³/mol. The standard InChI is InChI=1S/C11H16N4O4/c1-11(9(13)17)4-8(19-6(11)5-16)15-3-2-7(12)14-10(15)18/h2-3,6,8,16H,4-5H2,1H3,(H2,13,17)(H2,12,14,18)/t6-,8?,11-/m1/s1. The molecule has 2 heterocycles. The van der Waals surface area contributed by atoms with Gasteiger partial charge in [0.05, 0.1) is 18.1 Å². The Labute approximate surface area is 109 Å². The third-order valence-electron chi connectivity index (χ3n) is 3.52. The molecular formula is C11H16N4O4. The molecule has 19 heavy (non-hydrogen) atoms. The number of aromatic nitrogens is 2. The van der Waals surface area contributed by atoms with E-state index in [-0.39, 0.29) is 18.8 Å². The van der Waals surface area contributed by atoms with Crippen molar-refractivity contribution in [1.82, 2.24) is 9.55 Å². The number of anilines is 1. The monoisotopic (exact) mass is 268 g/mol. The summed E-state index contributed by atoms with van der Waals surface area (Å²) < 4.78 is 6.75. The van der Waals surface area contributed by atoms with Crippen LogP contribution in [0.5, 0.6) is 0 Å². The zero-order chi connectivity index (χ0) is 14.2. The molecule has 0 aliphatic carbocycles. The Morgan fingerprint density at radius 1 is 1.74 bits per heavy atom. The van der Waals surface area contributed by atoms with Crippen molar-refractivity contribution in [3.8, 4) is 0 Å². The summed E-state index contributed by atoms with van der Waals surface area (Å²) in [6.45, 7) is 1.25. The minimum Gasteiger partial charge on any atom is -0.394 e. The maximum absolute atomic E-state index is 11.7. The first-order valence-corrected chi connectivity index (χ1v) is 5.79. The van der Waals surface area contributed by atoms with Gasteiger partial charge in [-0.05, 0) is 13.0 Å². The molecule has 104 valence electrons. The molecule has 1 aromatic rings. The van der Waals surface area contributed by atoms with Gasteiger partial charge in [0.1, 0.15) is 12.0 Å². The molecule has 1 aromatic heterocycles. The zero-order valence-electron chi connectivity index (χ0n) is 10.4. The minimum atomic E-state index is -1.03. The normalized spacial score (nSPS) is 30.4. The van der Waals surface area contributed by atoms with Crippen LogP contribution >= 0.6 is 0 Å². The lowest BCUT2D eigenvalue weighted by Crippen LogP contribution is -2.42. The van der Waals surface area contributed by atoms with Gasteiger partial charge in [-0.25, -0.2) is 4.79 Å². The molecule has 0 spiro atoms. The molecule has 0 bridgehead atoms. The highest BCUT2D eigenvalue weighted by molar-refractivity contribution is 5.81. The van der Waals surface area contributed by atoms with Crippen LogP contribution in [0.4, 0.5) is 5.82 Å². The van der Waals surface area contributed by atoms with Crippen molar-refractivity contribution in [2.75, 3.05) is 12.3 Å². The van der Waals surface area contributed by atoms with Gasteiger partial charge in [-0.1, -0.05) is 0 Å². The molecule has 1 aliphatic heterocycles. The summed E-state index contributed by atoms with van der Waals surface area (Å²) in [4.78, 5) is 26.8. The van der Waals surface area contributed by atoms with Gasteiger partial charge in [0.2, 0.25) is 5.91 Å². The molecule has 1 amide bonds. The average Bonchev–Trinajstić information content (AvgIpc) is 2.67. The van der Waals surface area contributed by atoms with Gasteiger partial charge in [-0.15, -0.1) is 0 Å². The van der Waals surface area contributed by atoms with Crippen molar-refractivity contribution < 1.29 is 14.6 Å². The second kappa shape index (κ2) is 4.63. The van der Waals surface area contributed by atoms with E-state index in [1.54, 1.807) is 6.92 Å². The van der Waals surface area contributed by atoms with E-state index in [1.807, 2.05) is 0 Å². The van der Waals surface area contributed by atoms with E-state index in [0.717, 1.165) is 0 Å².